The highest BCUT2D eigenvalue weighted by atomic mass is 16.1. The minimum absolute atomic E-state index is 0.407. The third-order valence-electron chi connectivity index (χ3n) is 3.63. The van der Waals surface area contributed by atoms with Gasteiger partial charge in [0.1, 0.15) is 5.78 Å². The molecule has 0 spiro atoms. The molecule has 0 saturated carbocycles. The Hall–Kier alpha value is -1.67. The maximum absolute atomic E-state index is 11.2. The van der Waals surface area contributed by atoms with Crippen LogP contribution in [-0.4, -0.2) is 23.8 Å². The molecule has 0 aliphatic carbocycles. The second kappa shape index (κ2) is 4.91. The van der Waals surface area contributed by atoms with E-state index >= 15 is 0 Å². The van der Waals surface area contributed by atoms with E-state index in [0.717, 1.165) is 19.6 Å². The average Bonchev–Trinajstić information content (AvgIpc) is 2.41. The standard InChI is InChI=1S/C16H17NO/c18-16-7-9-17(10-8-16)12-13-5-6-14-3-1-2-4-15(14)11-13/h1-6,11H,7-10,12H2. The second-order valence-corrected chi connectivity index (χ2v) is 5.00. The van der Waals surface area contributed by atoms with Crippen molar-refractivity contribution < 1.29 is 4.79 Å². The zero-order valence-corrected chi connectivity index (χ0v) is 10.4. The highest BCUT2D eigenvalue weighted by Crippen LogP contribution is 2.18. The van der Waals surface area contributed by atoms with Crippen LogP contribution < -0.4 is 0 Å². The van der Waals surface area contributed by atoms with Crippen molar-refractivity contribution in [3.8, 4) is 0 Å². The first-order valence-electron chi connectivity index (χ1n) is 6.53. The molecule has 1 fully saturated rings. The summed E-state index contributed by atoms with van der Waals surface area (Å²) in [5.41, 5.74) is 1.34. The number of carbonyl (C=O) groups is 1. The number of benzene rings is 2. The Morgan fingerprint density at radius 1 is 0.944 bits per heavy atom. The first kappa shape index (κ1) is 11.4. The molecule has 2 aromatic rings. The van der Waals surface area contributed by atoms with Crippen LogP contribution in [0.1, 0.15) is 18.4 Å². The number of Topliss-reactive ketones (excluding diaryl/α,β-unsaturated/α-hetero) is 1. The maximum Gasteiger partial charge on any atom is 0.135 e. The van der Waals surface area contributed by atoms with Crippen LogP contribution in [0.5, 0.6) is 0 Å². The molecule has 0 unspecified atom stereocenters. The van der Waals surface area contributed by atoms with Gasteiger partial charge in [0, 0.05) is 32.5 Å². The summed E-state index contributed by atoms with van der Waals surface area (Å²) in [6.45, 7) is 2.77. The van der Waals surface area contributed by atoms with Crippen molar-refractivity contribution in [3.05, 3.63) is 48.0 Å². The number of nitrogens with zero attached hydrogens (tertiary/aromatic N) is 1. The molecule has 0 radical (unpaired) electrons. The van der Waals surface area contributed by atoms with E-state index in [-0.39, 0.29) is 0 Å². The van der Waals surface area contributed by atoms with Crippen LogP contribution >= 0.6 is 0 Å². The van der Waals surface area contributed by atoms with Crippen molar-refractivity contribution in [2.24, 2.45) is 0 Å². The molecular formula is C16H17NO. The Morgan fingerprint density at radius 2 is 1.67 bits per heavy atom. The number of likely N-dealkylation sites (tertiary alicyclic amines) is 1. The third kappa shape index (κ3) is 2.44. The van der Waals surface area contributed by atoms with Crippen LogP contribution in [-0.2, 0) is 11.3 Å². The van der Waals surface area contributed by atoms with Gasteiger partial charge in [0.05, 0.1) is 0 Å². The lowest BCUT2D eigenvalue weighted by molar-refractivity contribution is -0.121. The molecule has 92 valence electrons. The Balaban J connectivity index is 1.76. The quantitative estimate of drug-likeness (QED) is 0.803. The summed E-state index contributed by atoms with van der Waals surface area (Å²) >= 11 is 0. The van der Waals surface area contributed by atoms with Gasteiger partial charge < -0.3 is 0 Å². The molecule has 2 nitrogen and oxygen atoms in total. The minimum Gasteiger partial charge on any atom is -0.300 e. The molecule has 0 amide bonds. The number of piperidine rings is 1. The monoisotopic (exact) mass is 239 g/mol. The van der Waals surface area contributed by atoms with Gasteiger partial charge in [-0.05, 0) is 22.4 Å². The van der Waals surface area contributed by atoms with E-state index in [9.17, 15) is 4.79 Å². The van der Waals surface area contributed by atoms with E-state index in [4.69, 9.17) is 0 Å². The third-order valence-corrected chi connectivity index (χ3v) is 3.63. The van der Waals surface area contributed by atoms with E-state index in [1.165, 1.54) is 16.3 Å². The molecule has 1 aliphatic heterocycles. The second-order valence-electron chi connectivity index (χ2n) is 5.00. The van der Waals surface area contributed by atoms with E-state index in [1.807, 2.05) is 0 Å². The summed E-state index contributed by atoms with van der Waals surface area (Å²) in [4.78, 5) is 13.6. The van der Waals surface area contributed by atoms with Crippen LogP contribution in [0.15, 0.2) is 42.5 Å². The fourth-order valence-corrected chi connectivity index (χ4v) is 2.56. The molecule has 0 atom stereocenters. The van der Waals surface area contributed by atoms with Crippen molar-refractivity contribution in [3.63, 3.8) is 0 Å². The number of carbonyl (C=O) groups excluding carboxylic acids is 1. The number of fused-ring (bicyclic) bond motifs is 1. The minimum atomic E-state index is 0.407. The van der Waals surface area contributed by atoms with E-state index < -0.39 is 0 Å². The Bertz CT molecular complexity index is 566. The van der Waals surface area contributed by atoms with E-state index in [0.29, 0.717) is 18.6 Å². The van der Waals surface area contributed by atoms with Gasteiger partial charge in [-0.25, -0.2) is 0 Å². The molecular weight excluding hydrogens is 222 g/mol. The van der Waals surface area contributed by atoms with Gasteiger partial charge in [0.2, 0.25) is 0 Å². The normalized spacial score (nSPS) is 17.2. The first-order chi connectivity index (χ1) is 8.81. The first-order valence-corrected chi connectivity index (χ1v) is 6.53. The average molecular weight is 239 g/mol. The molecule has 0 aromatic heterocycles. The summed E-state index contributed by atoms with van der Waals surface area (Å²) in [7, 11) is 0. The van der Waals surface area contributed by atoms with Gasteiger partial charge in [-0.2, -0.15) is 0 Å². The number of rotatable bonds is 2. The lowest BCUT2D eigenvalue weighted by Gasteiger charge is -2.25. The zero-order valence-electron chi connectivity index (χ0n) is 10.4. The van der Waals surface area contributed by atoms with E-state index in [2.05, 4.69) is 47.4 Å². The van der Waals surface area contributed by atoms with Crippen molar-refractivity contribution in [2.45, 2.75) is 19.4 Å². The smallest absolute Gasteiger partial charge is 0.135 e. The molecule has 3 rings (SSSR count). The topological polar surface area (TPSA) is 20.3 Å². The zero-order chi connectivity index (χ0) is 12.4. The summed E-state index contributed by atoms with van der Waals surface area (Å²) in [5.74, 6) is 0.407. The SMILES string of the molecule is O=C1CCN(Cc2ccc3ccccc3c2)CC1. The van der Waals surface area contributed by atoms with Gasteiger partial charge >= 0.3 is 0 Å². The Kier molecular flexibility index (Phi) is 3.11. The Morgan fingerprint density at radius 3 is 2.44 bits per heavy atom. The van der Waals surface area contributed by atoms with Gasteiger partial charge in [0.15, 0.2) is 0 Å². The van der Waals surface area contributed by atoms with Crippen LogP contribution in [0, 0.1) is 0 Å². The number of hydrogen-bond acceptors (Lipinski definition) is 2. The van der Waals surface area contributed by atoms with Crippen LogP contribution in [0.2, 0.25) is 0 Å². The van der Waals surface area contributed by atoms with Gasteiger partial charge in [-0.3, -0.25) is 9.69 Å². The van der Waals surface area contributed by atoms with Crippen molar-refractivity contribution in [2.75, 3.05) is 13.1 Å². The van der Waals surface area contributed by atoms with Gasteiger partial charge in [-0.15, -0.1) is 0 Å². The summed E-state index contributed by atoms with van der Waals surface area (Å²) in [6, 6.07) is 15.1. The van der Waals surface area contributed by atoms with E-state index in [1.54, 1.807) is 0 Å². The van der Waals surface area contributed by atoms with Crippen molar-refractivity contribution >= 4 is 16.6 Å². The Labute approximate surface area is 107 Å². The van der Waals surface area contributed by atoms with Crippen LogP contribution in [0.4, 0.5) is 0 Å². The molecule has 0 bridgehead atoms. The molecule has 2 aromatic carbocycles. The van der Waals surface area contributed by atoms with Gasteiger partial charge in [0.25, 0.3) is 0 Å². The lowest BCUT2D eigenvalue weighted by atomic mass is 10.1. The van der Waals surface area contributed by atoms with Crippen molar-refractivity contribution in [1.29, 1.82) is 0 Å². The largest absolute Gasteiger partial charge is 0.300 e. The number of ketones is 1. The van der Waals surface area contributed by atoms with Crippen LogP contribution in [0.3, 0.4) is 0 Å². The summed E-state index contributed by atoms with van der Waals surface area (Å²) in [6.07, 6.45) is 1.43. The van der Waals surface area contributed by atoms with Gasteiger partial charge in [-0.1, -0.05) is 36.4 Å². The molecule has 1 saturated heterocycles. The molecule has 0 N–H and O–H groups in total. The fourth-order valence-electron chi connectivity index (χ4n) is 2.56. The highest BCUT2D eigenvalue weighted by Gasteiger charge is 2.15. The van der Waals surface area contributed by atoms with Crippen LogP contribution in [0.25, 0.3) is 10.8 Å². The summed E-state index contributed by atoms with van der Waals surface area (Å²) < 4.78 is 0. The maximum atomic E-state index is 11.2. The number of hydrogen-bond donors (Lipinski definition) is 0. The molecule has 1 heterocycles. The fraction of sp³-hybridized carbons (Fsp3) is 0.312. The molecule has 18 heavy (non-hydrogen) atoms. The highest BCUT2D eigenvalue weighted by molar-refractivity contribution is 5.83. The predicted molar refractivity (Wildman–Crippen MR) is 73.5 cm³/mol. The molecule has 2 heteroatoms. The summed E-state index contributed by atoms with van der Waals surface area (Å²) in [5, 5.41) is 2.58. The predicted octanol–water partition coefficient (Wildman–Crippen LogP) is 3.00. The molecule has 1 aliphatic rings. The lowest BCUT2D eigenvalue weighted by Crippen LogP contribution is -2.33. The van der Waals surface area contributed by atoms with Crippen molar-refractivity contribution in [1.82, 2.24) is 4.90 Å².